The van der Waals surface area contributed by atoms with Crippen LogP contribution in [0.4, 0.5) is 5.82 Å². The molecule has 18 heavy (non-hydrogen) atoms. The second-order valence-corrected chi connectivity index (χ2v) is 4.28. The van der Waals surface area contributed by atoms with Gasteiger partial charge in [-0.3, -0.25) is 0 Å². The summed E-state index contributed by atoms with van der Waals surface area (Å²) >= 11 is 0. The molecule has 1 aromatic heterocycles. The highest BCUT2D eigenvalue weighted by molar-refractivity contribution is 5.94. The molecule has 1 aliphatic rings. The van der Waals surface area contributed by atoms with Gasteiger partial charge in [-0.25, -0.2) is 9.78 Å². The number of hydrogen-bond acceptors (Lipinski definition) is 5. The van der Waals surface area contributed by atoms with Crippen LogP contribution in [-0.2, 0) is 9.47 Å². The van der Waals surface area contributed by atoms with Gasteiger partial charge in [0.1, 0.15) is 11.4 Å². The number of methoxy groups -OCH3 is 1. The maximum absolute atomic E-state index is 11.6. The van der Waals surface area contributed by atoms with E-state index < -0.39 is 0 Å². The van der Waals surface area contributed by atoms with Crippen molar-refractivity contribution in [2.75, 3.05) is 19.0 Å². The largest absolute Gasteiger partial charge is 0.465 e. The highest BCUT2D eigenvalue weighted by Crippen LogP contribution is 2.27. The summed E-state index contributed by atoms with van der Waals surface area (Å²) < 4.78 is 10.2. The number of pyridine rings is 1. The maximum Gasteiger partial charge on any atom is 0.341 e. The van der Waals surface area contributed by atoms with E-state index in [9.17, 15) is 4.79 Å². The Balaban J connectivity index is 1.96. The third kappa shape index (κ3) is 2.79. The van der Waals surface area contributed by atoms with Crippen LogP contribution in [0.5, 0.6) is 0 Å². The van der Waals surface area contributed by atoms with Crippen molar-refractivity contribution in [1.82, 2.24) is 4.98 Å². The van der Waals surface area contributed by atoms with Crippen LogP contribution in [0, 0.1) is 0 Å². The molecule has 1 heterocycles. The van der Waals surface area contributed by atoms with Crippen molar-refractivity contribution >= 4 is 11.8 Å². The Morgan fingerprint density at radius 2 is 2.33 bits per heavy atom. The normalized spacial score (nSPS) is 22.1. The third-order valence-electron chi connectivity index (χ3n) is 3.05. The zero-order chi connectivity index (χ0) is 13.0. The van der Waals surface area contributed by atoms with Crippen LogP contribution in [0.3, 0.4) is 0 Å². The molecule has 0 unspecified atom stereocenters. The van der Waals surface area contributed by atoms with E-state index in [2.05, 4.69) is 10.3 Å². The number of ether oxygens (including phenoxy) is 2. The molecule has 1 fully saturated rings. The van der Waals surface area contributed by atoms with Crippen molar-refractivity contribution in [3.63, 3.8) is 0 Å². The molecular weight excluding hydrogens is 232 g/mol. The fourth-order valence-electron chi connectivity index (χ4n) is 2.04. The smallest absolute Gasteiger partial charge is 0.341 e. The van der Waals surface area contributed by atoms with Gasteiger partial charge in [0.05, 0.1) is 13.2 Å². The summed E-state index contributed by atoms with van der Waals surface area (Å²) in [6.45, 7) is 2.74. The van der Waals surface area contributed by atoms with Crippen molar-refractivity contribution in [3.05, 3.63) is 23.9 Å². The number of hydrogen-bond donors (Lipinski definition) is 1. The van der Waals surface area contributed by atoms with Gasteiger partial charge < -0.3 is 14.8 Å². The van der Waals surface area contributed by atoms with Crippen molar-refractivity contribution in [2.45, 2.75) is 31.9 Å². The van der Waals surface area contributed by atoms with Crippen LogP contribution in [0.2, 0.25) is 0 Å². The summed E-state index contributed by atoms with van der Waals surface area (Å²) in [5.74, 6) is 0.218. The second kappa shape index (κ2) is 5.82. The Hall–Kier alpha value is -1.62. The van der Waals surface area contributed by atoms with Crippen LogP contribution in [0.25, 0.3) is 0 Å². The summed E-state index contributed by atoms with van der Waals surface area (Å²) in [6.07, 6.45) is 3.89. The van der Waals surface area contributed by atoms with E-state index in [-0.39, 0.29) is 5.97 Å². The minimum Gasteiger partial charge on any atom is -0.465 e. The molecule has 0 bridgehead atoms. The SMILES string of the molecule is CCOC1CC(Nc2ncccc2C(=O)OC)C1. The quantitative estimate of drug-likeness (QED) is 0.808. The zero-order valence-corrected chi connectivity index (χ0v) is 10.7. The first-order valence-electron chi connectivity index (χ1n) is 6.16. The van der Waals surface area contributed by atoms with Crippen LogP contribution in [0.1, 0.15) is 30.1 Å². The highest BCUT2D eigenvalue weighted by atomic mass is 16.5. The minimum atomic E-state index is -0.369. The predicted molar refractivity (Wildman–Crippen MR) is 67.6 cm³/mol. The molecule has 0 radical (unpaired) electrons. The lowest BCUT2D eigenvalue weighted by atomic mass is 9.89. The second-order valence-electron chi connectivity index (χ2n) is 4.28. The molecule has 5 nitrogen and oxygen atoms in total. The minimum absolute atomic E-state index is 0.319. The van der Waals surface area contributed by atoms with Crippen LogP contribution in [0.15, 0.2) is 18.3 Å². The van der Waals surface area contributed by atoms with Gasteiger partial charge in [-0.2, -0.15) is 0 Å². The number of rotatable bonds is 5. The predicted octanol–water partition coefficient (Wildman–Crippen LogP) is 1.85. The lowest BCUT2D eigenvalue weighted by Gasteiger charge is -2.35. The van der Waals surface area contributed by atoms with Gasteiger partial charge >= 0.3 is 5.97 Å². The Kier molecular flexibility index (Phi) is 4.15. The first kappa shape index (κ1) is 12.8. The number of nitrogens with one attached hydrogen (secondary N) is 1. The third-order valence-corrected chi connectivity index (χ3v) is 3.05. The highest BCUT2D eigenvalue weighted by Gasteiger charge is 2.30. The molecule has 0 atom stereocenters. The van der Waals surface area contributed by atoms with E-state index in [1.54, 1.807) is 18.3 Å². The lowest BCUT2D eigenvalue weighted by Crippen LogP contribution is -2.41. The summed E-state index contributed by atoms with van der Waals surface area (Å²) in [5.41, 5.74) is 0.472. The Morgan fingerprint density at radius 3 is 3.00 bits per heavy atom. The van der Waals surface area contributed by atoms with Crippen molar-refractivity contribution in [3.8, 4) is 0 Å². The van der Waals surface area contributed by atoms with Crippen molar-refractivity contribution in [1.29, 1.82) is 0 Å². The van der Waals surface area contributed by atoms with Crippen LogP contribution in [-0.4, -0.2) is 36.8 Å². The van der Waals surface area contributed by atoms with Crippen molar-refractivity contribution in [2.24, 2.45) is 0 Å². The number of carbonyl (C=O) groups excluding carboxylic acids is 1. The van der Waals surface area contributed by atoms with Crippen molar-refractivity contribution < 1.29 is 14.3 Å². The van der Waals surface area contributed by atoms with Gasteiger partial charge in [0.2, 0.25) is 0 Å². The standard InChI is InChI=1S/C13H18N2O3/c1-3-18-10-7-9(8-10)15-12-11(13(16)17-2)5-4-6-14-12/h4-6,9-10H,3,7-8H2,1-2H3,(H,14,15). The molecular formula is C13H18N2O3. The summed E-state index contributed by atoms with van der Waals surface area (Å²) in [4.78, 5) is 15.7. The Bertz CT molecular complexity index is 416. The van der Waals surface area contributed by atoms with E-state index in [1.807, 2.05) is 6.92 Å². The van der Waals surface area contributed by atoms with E-state index in [4.69, 9.17) is 9.47 Å². The molecule has 0 spiro atoms. The van der Waals surface area contributed by atoms with Gasteiger partial charge in [0, 0.05) is 18.8 Å². The fourth-order valence-corrected chi connectivity index (χ4v) is 2.04. The molecule has 1 saturated carbocycles. The Labute approximate surface area is 107 Å². The summed E-state index contributed by atoms with van der Waals surface area (Å²) in [7, 11) is 1.37. The Morgan fingerprint density at radius 1 is 1.56 bits per heavy atom. The number of esters is 1. The van der Waals surface area contributed by atoms with E-state index >= 15 is 0 Å². The molecule has 1 aromatic rings. The molecule has 98 valence electrons. The van der Waals surface area contributed by atoms with E-state index in [0.717, 1.165) is 19.4 Å². The van der Waals surface area contributed by atoms with Gasteiger partial charge in [-0.15, -0.1) is 0 Å². The molecule has 1 aliphatic carbocycles. The molecule has 0 amide bonds. The fraction of sp³-hybridized carbons (Fsp3) is 0.538. The van der Waals surface area contributed by atoms with Gasteiger partial charge in [-0.05, 0) is 31.9 Å². The van der Waals surface area contributed by atoms with Gasteiger partial charge in [0.15, 0.2) is 0 Å². The molecule has 2 rings (SSSR count). The molecule has 1 N–H and O–H groups in total. The number of aromatic nitrogens is 1. The van der Waals surface area contributed by atoms with E-state index in [0.29, 0.717) is 23.5 Å². The topological polar surface area (TPSA) is 60.5 Å². The number of nitrogens with zero attached hydrogens (tertiary/aromatic N) is 1. The maximum atomic E-state index is 11.6. The first-order valence-corrected chi connectivity index (χ1v) is 6.16. The van der Waals surface area contributed by atoms with Crippen LogP contribution >= 0.6 is 0 Å². The van der Waals surface area contributed by atoms with Gasteiger partial charge in [-0.1, -0.05) is 0 Å². The number of carbonyl (C=O) groups is 1. The lowest BCUT2D eigenvalue weighted by molar-refractivity contribution is 0.00291. The molecule has 0 saturated heterocycles. The average Bonchev–Trinajstić information content (AvgIpc) is 2.36. The first-order chi connectivity index (χ1) is 8.74. The van der Waals surface area contributed by atoms with Gasteiger partial charge in [0.25, 0.3) is 0 Å². The zero-order valence-electron chi connectivity index (χ0n) is 10.7. The average molecular weight is 250 g/mol. The molecule has 0 aliphatic heterocycles. The molecule has 5 heteroatoms. The number of anilines is 1. The van der Waals surface area contributed by atoms with E-state index in [1.165, 1.54) is 7.11 Å². The summed E-state index contributed by atoms with van der Waals surface area (Å²) in [6, 6.07) is 3.75. The monoisotopic (exact) mass is 250 g/mol. The summed E-state index contributed by atoms with van der Waals surface area (Å²) in [5, 5.41) is 3.26. The molecule has 0 aromatic carbocycles. The van der Waals surface area contributed by atoms with Crippen LogP contribution < -0.4 is 5.32 Å².